The van der Waals surface area contributed by atoms with E-state index in [-0.39, 0.29) is 18.7 Å². The maximum atomic E-state index is 13.4. The lowest BCUT2D eigenvalue weighted by molar-refractivity contribution is 0.0586. The Hall–Kier alpha value is -1.43. The highest BCUT2D eigenvalue weighted by atomic mass is 19.3. The summed E-state index contributed by atoms with van der Waals surface area (Å²) in [6.07, 6.45) is -0.269. The molecule has 17 heavy (non-hydrogen) atoms. The van der Waals surface area contributed by atoms with Crippen molar-refractivity contribution in [3.8, 4) is 0 Å². The molecule has 1 fully saturated rings. The quantitative estimate of drug-likeness (QED) is 0.808. The Labute approximate surface area is 97.3 Å². The molecule has 0 aliphatic heterocycles. The average Bonchev–Trinajstić information content (AvgIpc) is 2.65. The van der Waals surface area contributed by atoms with Gasteiger partial charge >= 0.3 is 5.97 Å². The van der Waals surface area contributed by atoms with Crippen LogP contribution in [0.4, 0.5) is 8.78 Å². The number of hydrogen-bond donors (Lipinski definition) is 1. The Kier molecular flexibility index (Phi) is 2.50. The molecule has 6 heteroatoms. The first kappa shape index (κ1) is 12.0. The first-order valence-electron chi connectivity index (χ1n) is 5.22. The van der Waals surface area contributed by atoms with Gasteiger partial charge in [0.2, 0.25) is 0 Å². The van der Waals surface area contributed by atoms with Crippen LogP contribution < -0.4 is 5.73 Å². The smallest absolute Gasteiger partial charge is 0.354 e. The van der Waals surface area contributed by atoms with Gasteiger partial charge in [0.25, 0.3) is 5.92 Å². The van der Waals surface area contributed by atoms with Crippen LogP contribution in [0.1, 0.15) is 22.6 Å². The molecule has 0 aromatic carbocycles. The third kappa shape index (κ3) is 1.47. The zero-order valence-electron chi connectivity index (χ0n) is 9.67. The average molecular weight is 244 g/mol. The molecule has 1 heterocycles. The van der Waals surface area contributed by atoms with Crippen molar-refractivity contribution in [2.75, 3.05) is 13.7 Å². The molecular weight excluding hydrogens is 230 g/mol. The van der Waals surface area contributed by atoms with Crippen LogP contribution in [0.15, 0.2) is 12.1 Å². The number of nitrogens with two attached hydrogens (primary N) is 1. The van der Waals surface area contributed by atoms with Crippen LogP contribution in [0, 0.1) is 0 Å². The molecule has 0 amide bonds. The molecular formula is C11H14F2N2O2. The van der Waals surface area contributed by atoms with Gasteiger partial charge in [-0.25, -0.2) is 13.6 Å². The van der Waals surface area contributed by atoms with Gasteiger partial charge in [0.05, 0.1) is 12.5 Å². The molecule has 1 atom stereocenters. The van der Waals surface area contributed by atoms with Crippen LogP contribution in [-0.4, -0.2) is 30.1 Å². The summed E-state index contributed by atoms with van der Waals surface area (Å²) >= 11 is 0. The minimum Gasteiger partial charge on any atom is -0.464 e. The monoisotopic (exact) mass is 244 g/mol. The van der Waals surface area contributed by atoms with E-state index in [1.165, 1.54) is 23.8 Å². The molecule has 0 bridgehead atoms. The molecule has 1 unspecified atom stereocenters. The van der Waals surface area contributed by atoms with Gasteiger partial charge in [0.15, 0.2) is 0 Å². The fraction of sp³-hybridized carbons (Fsp3) is 0.545. The molecule has 2 N–H and O–H groups in total. The summed E-state index contributed by atoms with van der Waals surface area (Å²) in [6.45, 7) is -0.140. The number of methoxy groups -OCH3 is 1. The summed E-state index contributed by atoms with van der Waals surface area (Å²) in [5, 5.41) is 0. The normalized spacial score (nSPS) is 25.7. The number of ether oxygens (including phenoxy) is 1. The van der Waals surface area contributed by atoms with Crippen LogP contribution in [0.5, 0.6) is 0 Å². The molecule has 0 saturated heterocycles. The maximum absolute atomic E-state index is 13.4. The molecule has 94 valence electrons. The van der Waals surface area contributed by atoms with Crippen molar-refractivity contribution in [3.05, 3.63) is 23.5 Å². The SMILES string of the molecule is COC(=O)c1ccc(C2(CN)CC2(F)F)n1C. The van der Waals surface area contributed by atoms with E-state index in [0.717, 1.165) is 0 Å². The van der Waals surface area contributed by atoms with Gasteiger partial charge in [0, 0.05) is 25.7 Å². The van der Waals surface area contributed by atoms with Gasteiger partial charge in [-0.15, -0.1) is 0 Å². The van der Waals surface area contributed by atoms with Crippen molar-refractivity contribution in [2.45, 2.75) is 17.8 Å². The van der Waals surface area contributed by atoms with Crippen molar-refractivity contribution in [1.29, 1.82) is 0 Å². The highest BCUT2D eigenvalue weighted by molar-refractivity contribution is 5.88. The van der Waals surface area contributed by atoms with Gasteiger partial charge in [-0.3, -0.25) is 0 Å². The molecule has 1 aliphatic carbocycles. The third-order valence-corrected chi connectivity index (χ3v) is 3.45. The lowest BCUT2D eigenvalue weighted by Gasteiger charge is -2.16. The molecule has 4 nitrogen and oxygen atoms in total. The largest absolute Gasteiger partial charge is 0.464 e. The van der Waals surface area contributed by atoms with Crippen molar-refractivity contribution in [3.63, 3.8) is 0 Å². The Balaban J connectivity index is 2.42. The molecule has 1 aliphatic rings. The molecule has 0 radical (unpaired) electrons. The molecule has 1 aromatic heterocycles. The van der Waals surface area contributed by atoms with E-state index < -0.39 is 17.3 Å². The second-order valence-corrected chi connectivity index (χ2v) is 4.32. The van der Waals surface area contributed by atoms with E-state index in [0.29, 0.717) is 5.69 Å². The summed E-state index contributed by atoms with van der Waals surface area (Å²) in [6, 6.07) is 2.99. The minimum atomic E-state index is -2.79. The zero-order valence-corrected chi connectivity index (χ0v) is 9.67. The maximum Gasteiger partial charge on any atom is 0.354 e. The van der Waals surface area contributed by atoms with Crippen LogP contribution in [0.2, 0.25) is 0 Å². The number of rotatable bonds is 3. The molecule has 1 aromatic rings. The van der Waals surface area contributed by atoms with Gasteiger partial charge in [0.1, 0.15) is 5.69 Å². The fourth-order valence-electron chi connectivity index (χ4n) is 2.24. The molecule has 0 spiro atoms. The van der Waals surface area contributed by atoms with Gasteiger partial charge < -0.3 is 15.0 Å². The minimum absolute atomic E-state index is 0.140. The van der Waals surface area contributed by atoms with Crippen molar-refractivity contribution < 1.29 is 18.3 Å². The lowest BCUT2D eigenvalue weighted by atomic mass is 10.0. The summed E-state index contributed by atoms with van der Waals surface area (Å²) in [5.41, 5.74) is 4.76. The van der Waals surface area contributed by atoms with E-state index in [4.69, 9.17) is 5.73 Å². The van der Waals surface area contributed by atoms with Crippen LogP contribution >= 0.6 is 0 Å². The molecule has 2 rings (SSSR count). The summed E-state index contributed by atoms with van der Waals surface area (Å²) in [4.78, 5) is 11.4. The van der Waals surface area contributed by atoms with Gasteiger partial charge in [-0.05, 0) is 12.1 Å². The predicted octanol–water partition coefficient (Wildman–Crippen LogP) is 1.05. The number of alkyl halides is 2. The number of carbonyl (C=O) groups is 1. The predicted molar refractivity (Wildman–Crippen MR) is 57.0 cm³/mol. The van der Waals surface area contributed by atoms with E-state index >= 15 is 0 Å². The Morgan fingerprint density at radius 3 is 2.59 bits per heavy atom. The summed E-state index contributed by atoms with van der Waals surface area (Å²) < 4.78 is 32.8. The Morgan fingerprint density at radius 2 is 2.18 bits per heavy atom. The summed E-state index contributed by atoms with van der Waals surface area (Å²) in [7, 11) is 2.81. The molecule has 1 saturated carbocycles. The standard InChI is InChI=1S/C11H14F2N2O2/c1-15-7(9(16)17-2)3-4-8(15)10(6-14)5-11(10,12)13/h3-4H,5-6,14H2,1-2H3. The van der Waals surface area contributed by atoms with E-state index in [1.54, 1.807) is 7.05 Å². The fourth-order valence-corrected chi connectivity index (χ4v) is 2.24. The summed E-state index contributed by atoms with van der Waals surface area (Å²) in [5.74, 6) is -3.34. The number of halogens is 2. The zero-order chi connectivity index (χ0) is 12.8. The first-order valence-corrected chi connectivity index (χ1v) is 5.22. The Morgan fingerprint density at radius 1 is 1.59 bits per heavy atom. The van der Waals surface area contributed by atoms with Crippen molar-refractivity contribution >= 4 is 5.97 Å². The topological polar surface area (TPSA) is 57.2 Å². The second-order valence-electron chi connectivity index (χ2n) is 4.32. The highest BCUT2D eigenvalue weighted by Gasteiger charge is 2.72. The second kappa shape index (κ2) is 3.53. The number of nitrogens with zero attached hydrogens (tertiary/aromatic N) is 1. The highest BCUT2D eigenvalue weighted by Crippen LogP contribution is 2.60. The van der Waals surface area contributed by atoms with Crippen molar-refractivity contribution in [2.24, 2.45) is 12.8 Å². The first-order chi connectivity index (χ1) is 7.89. The van der Waals surface area contributed by atoms with Crippen molar-refractivity contribution in [1.82, 2.24) is 4.57 Å². The number of carbonyl (C=O) groups excluding carboxylic acids is 1. The van der Waals surface area contributed by atoms with Gasteiger partial charge in [-0.2, -0.15) is 0 Å². The van der Waals surface area contributed by atoms with Crippen LogP contribution in [0.3, 0.4) is 0 Å². The van der Waals surface area contributed by atoms with Gasteiger partial charge in [-0.1, -0.05) is 0 Å². The lowest BCUT2D eigenvalue weighted by Crippen LogP contribution is -2.29. The number of esters is 1. The Bertz CT molecular complexity index is 470. The third-order valence-electron chi connectivity index (χ3n) is 3.45. The van der Waals surface area contributed by atoms with E-state index in [9.17, 15) is 13.6 Å². The number of hydrogen-bond acceptors (Lipinski definition) is 3. The number of aromatic nitrogens is 1. The van der Waals surface area contributed by atoms with Crippen LogP contribution in [-0.2, 0) is 17.2 Å². The van der Waals surface area contributed by atoms with E-state index in [1.807, 2.05) is 0 Å². The van der Waals surface area contributed by atoms with E-state index in [2.05, 4.69) is 4.74 Å². The van der Waals surface area contributed by atoms with Crippen LogP contribution in [0.25, 0.3) is 0 Å².